The van der Waals surface area contributed by atoms with Gasteiger partial charge in [0.2, 0.25) is 21.8 Å². The van der Waals surface area contributed by atoms with Crippen LogP contribution in [0.5, 0.6) is 0 Å². The molecule has 3 rings (SSSR count). The first kappa shape index (κ1) is 28.6. The fourth-order valence-corrected chi connectivity index (χ4v) is 5.56. The molecular formula is C27H35F2N3O4S. The minimum atomic E-state index is -3.80. The summed E-state index contributed by atoms with van der Waals surface area (Å²) in [6.45, 7) is 1.95. The molecule has 1 N–H and O–H groups in total. The van der Waals surface area contributed by atoms with E-state index in [1.54, 1.807) is 11.8 Å². The number of nitrogens with one attached hydrogen (secondary N) is 1. The van der Waals surface area contributed by atoms with Crippen LogP contribution < -0.4 is 9.62 Å². The zero-order chi connectivity index (χ0) is 27.0. The minimum absolute atomic E-state index is 0.00840. The summed E-state index contributed by atoms with van der Waals surface area (Å²) in [6, 6.07) is 12.0. The topological polar surface area (TPSA) is 86.8 Å². The van der Waals surface area contributed by atoms with Crippen LogP contribution in [0.1, 0.15) is 51.0 Å². The van der Waals surface area contributed by atoms with Crippen LogP contribution in [0.4, 0.5) is 14.5 Å². The molecule has 0 saturated heterocycles. The fraction of sp³-hybridized carbons (Fsp3) is 0.481. The van der Waals surface area contributed by atoms with Crippen LogP contribution >= 0.6 is 0 Å². The Kier molecular flexibility index (Phi) is 10.0. The van der Waals surface area contributed by atoms with Gasteiger partial charge in [0.15, 0.2) is 11.6 Å². The van der Waals surface area contributed by atoms with Gasteiger partial charge in [-0.15, -0.1) is 0 Å². The van der Waals surface area contributed by atoms with Gasteiger partial charge in [-0.1, -0.05) is 43.2 Å². The molecule has 0 bridgehead atoms. The Morgan fingerprint density at radius 2 is 1.70 bits per heavy atom. The number of rotatable bonds is 12. The number of carbonyl (C=O) groups is 2. The lowest BCUT2D eigenvalue weighted by atomic mass is 10.1. The molecule has 37 heavy (non-hydrogen) atoms. The Balaban J connectivity index is 1.68. The van der Waals surface area contributed by atoms with E-state index in [-0.39, 0.29) is 42.9 Å². The Morgan fingerprint density at radius 3 is 2.32 bits per heavy atom. The molecule has 0 radical (unpaired) electrons. The zero-order valence-corrected chi connectivity index (χ0v) is 22.1. The van der Waals surface area contributed by atoms with Gasteiger partial charge >= 0.3 is 0 Å². The maximum atomic E-state index is 13.7. The molecule has 1 saturated carbocycles. The van der Waals surface area contributed by atoms with Crippen LogP contribution in [-0.2, 0) is 26.0 Å². The summed E-state index contributed by atoms with van der Waals surface area (Å²) in [5.74, 6) is -2.71. The standard InChI is InChI=1S/C27H35F2N3O4S/c1-20(27(34)30-22-11-6-7-12-22)31(18-16-21-9-4-3-5-10-21)26(33)13-8-17-32(37(2,35)36)23-14-15-24(28)25(29)19-23/h3-5,9-10,14-15,19-20,22H,6-8,11-13,16-18H2,1-2H3,(H,30,34)/t20-/m1/s1. The molecule has 10 heteroatoms. The third-order valence-corrected chi connectivity index (χ3v) is 7.89. The molecule has 0 spiro atoms. The molecule has 1 aliphatic carbocycles. The second kappa shape index (κ2) is 13.0. The number of carbonyl (C=O) groups excluding carboxylic acids is 2. The van der Waals surface area contributed by atoms with Gasteiger partial charge in [0.1, 0.15) is 6.04 Å². The lowest BCUT2D eigenvalue weighted by Crippen LogP contribution is -2.50. The van der Waals surface area contributed by atoms with Crippen molar-refractivity contribution in [3.05, 3.63) is 65.7 Å². The van der Waals surface area contributed by atoms with Gasteiger partial charge in [0.25, 0.3) is 0 Å². The summed E-state index contributed by atoms with van der Waals surface area (Å²) >= 11 is 0. The highest BCUT2D eigenvalue weighted by Crippen LogP contribution is 2.22. The molecule has 0 aliphatic heterocycles. The molecule has 0 heterocycles. The Morgan fingerprint density at radius 1 is 1.03 bits per heavy atom. The monoisotopic (exact) mass is 535 g/mol. The highest BCUT2D eigenvalue weighted by atomic mass is 32.2. The van der Waals surface area contributed by atoms with Gasteiger partial charge < -0.3 is 10.2 Å². The fourth-order valence-electron chi connectivity index (χ4n) is 4.61. The van der Waals surface area contributed by atoms with Crippen LogP contribution in [-0.4, -0.2) is 56.6 Å². The summed E-state index contributed by atoms with van der Waals surface area (Å²) < 4.78 is 52.7. The van der Waals surface area contributed by atoms with Crippen molar-refractivity contribution >= 4 is 27.5 Å². The number of amides is 2. The van der Waals surface area contributed by atoms with E-state index >= 15 is 0 Å². The largest absolute Gasteiger partial charge is 0.352 e. The second-order valence-electron chi connectivity index (χ2n) is 9.53. The average molecular weight is 536 g/mol. The van der Waals surface area contributed by atoms with E-state index in [9.17, 15) is 26.8 Å². The molecule has 1 aliphatic rings. The number of hydrogen-bond donors (Lipinski definition) is 1. The Labute approximate surface area is 217 Å². The Hall–Kier alpha value is -3.01. The van der Waals surface area contributed by atoms with Gasteiger partial charge in [-0.3, -0.25) is 13.9 Å². The van der Waals surface area contributed by atoms with Crippen LogP contribution in [0, 0.1) is 11.6 Å². The number of anilines is 1. The summed E-state index contributed by atoms with van der Waals surface area (Å²) in [4.78, 5) is 27.8. The quantitative estimate of drug-likeness (QED) is 0.445. The van der Waals surface area contributed by atoms with Crippen molar-refractivity contribution in [2.24, 2.45) is 0 Å². The zero-order valence-electron chi connectivity index (χ0n) is 21.3. The predicted octanol–water partition coefficient (Wildman–Crippen LogP) is 4.03. The van der Waals surface area contributed by atoms with Crippen molar-refractivity contribution in [3.63, 3.8) is 0 Å². The van der Waals surface area contributed by atoms with E-state index in [0.717, 1.165) is 53.9 Å². The SMILES string of the molecule is C[C@H](C(=O)NC1CCCC1)N(CCc1ccccc1)C(=O)CCCN(c1ccc(F)c(F)c1)S(C)(=O)=O. The van der Waals surface area contributed by atoms with Crippen LogP contribution in [0.15, 0.2) is 48.5 Å². The van der Waals surface area contributed by atoms with Crippen LogP contribution in [0.25, 0.3) is 0 Å². The first-order chi connectivity index (χ1) is 17.6. The van der Waals surface area contributed by atoms with E-state index in [4.69, 9.17) is 0 Å². The summed E-state index contributed by atoms with van der Waals surface area (Å²) in [6.07, 6.45) is 5.68. The molecule has 0 aromatic heterocycles. The molecular weight excluding hydrogens is 500 g/mol. The van der Waals surface area contributed by atoms with Gasteiger partial charge in [-0.25, -0.2) is 17.2 Å². The van der Waals surface area contributed by atoms with E-state index in [0.29, 0.717) is 13.0 Å². The van der Waals surface area contributed by atoms with E-state index < -0.39 is 27.7 Å². The van der Waals surface area contributed by atoms with E-state index in [1.165, 1.54) is 6.07 Å². The van der Waals surface area contributed by atoms with Crippen molar-refractivity contribution < 1.29 is 26.8 Å². The molecule has 7 nitrogen and oxygen atoms in total. The maximum absolute atomic E-state index is 13.7. The first-order valence-corrected chi connectivity index (χ1v) is 14.5. The predicted molar refractivity (Wildman–Crippen MR) is 140 cm³/mol. The molecule has 2 aromatic carbocycles. The molecule has 1 atom stereocenters. The number of benzene rings is 2. The molecule has 202 valence electrons. The highest BCUT2D eigenvalue weighted by Gasteiger charge is 2.28. The summed E-state index contributed by atoms with van der Waals surface area (Å²) in [7, 11) is -3.80. The second-order valence-corrected chi connectivity index (χ2v) is 11.4. The van der Waals surface area contributed by atoms with E-state index in [2.05, 4.69) is 5.32 Å². The Bertz CT molecular complexity index is 1170. The first-order valence-electron chi connectivity index (χ1n) is 12.6. The smallest absolute Gasteiger partial charge is 0.242 e. The molecule has 2 amide bonds. The normalized spacial score (nSPS) is 14.8. The summed E-state index contributed by atoms with van der Waals surface area (Å²) in [5, 5.41) is 3.05. The van der Waals surface area contributed by atoms with Gasteiger partial charge in [-0.05, 0) is 50.3 Å². The number of sulfonamides is 1. The number of hydrogen-bond acceptors (Lipinski definition) is 4. The average Bonchev–Trinajstić information content (AvgIpc) is 3.36. The maximum Gasteiger partial charge on any atom is 0.242 e. The third kappa shape index (κ3) is 8.24. The van der Waals surface area contributed by atoms with Crippen molar-refractivity contribution in [1.82, 2.24) is 10.2 Å². The van der Waals surface area contributed by atoms with Gasteiger partial charge in [-0.2, -0.15) is 0 Å². The highest BCUT2D eigenvalue weighted by molar-refractivity contribution is 7.92. The molecule has 0 unspecified atom stereocenters. The number of nitrogens with zero attached hydrogens (tertiary/aromatic N) is 2. The third-order valence-electron chi connectivity index (χ3n) is 6.70. The lowest BCUT2D eigenvalue weighted by Gasteiger charge is -2.30. The van der Waals surface area contributed by atoms with E-state index in [1.807, 2.05) is 30.3 Å². The van der Waals surface area contributed by atoms with Gasteiger partial charge in [0.05, 0.1) is 11.9 Å². The summed E-state index contributed by atoms with van der Waals surface area (Å²) in [5.41, 5.74) is 1.02. The van der Waals surface area contributed by atoms with Gasteiger partial charge in [0, 0.05) is 31.6 Å². The van der Waals surface area contributed by atoms with Crippen molar-refractivity contribution in [2.75, 3.05) is 23.7 Å². The molecule has 2 aromatic rings. The lowest BCUT2D eigenvalue weighted by molar-refractivity contribution is -0.140. The minimum Gasteiger partial charge on any atom is -0.352 e. The molecule has 1 fully saturated rings. The van der Waals surface area contributed by atoms with Crippen molar-refractivity contribution in [3.8, 4) is 0 Å². The van der Waals surface area contributed by atoms with Crippen molar-refractivity contribution in [2.45, 2.75) is 64.0 Å². The van der Waals surface area contributed by atoms with Crippen LogP contribution in [0.3, 0.4) is 0 Å². The van der Waals surface area contributed by atoms with Crippen LogP contribution in [0.2, 0.25) is 0 Å². The van der Waals surface area contributed by atoms with Crippen molar-refractivity contribution in [1.29, 1.82) is 0 Å². The number of halogens is 2.